The molecule has 4 aliphatic carbocycles. The molecule has 35 atom stereocenters. The third kappa shape index (κ3) is 12.2. The number of allylic oxidation sites excluding steroid dienone is 1. The first-order valence-corrected chi connectivity index (χ1v) is 30.4. The molecule has 0 bridgehead atoms. The van der Waals surface area contributed by atoms with Gasteiger partial charge in [-0.25, -0.2) is 0 Å². The van der Waals surface area contributed by atoms with Crippen LogP contribution in [0.4, 0.5) is 0 Å². The number of fused-ring (bicyclic) bond motifs is 7. The van der Waals surface area contributed by atoms with Crippen molar-refractivity contribution in [1.29, 1.82) is 0 Å². The molecule has 85 heavy (non-hydrogen) atoms. The molecule has 28 heteroatoms. The highest BCUT2D eigenvalue weighted by atomic mass is 16.8. The minimum absolute atomic E-state index is 0.00163. The van der Waals surface area contributed by atoms with Crippen LogP contribution in [0.25, 0.3) is 0 Å². The van der Waals surface area contributed by atoms with E-state index in [0.717, 1.165) is 32.1 Å². The summed E-state index contributed by atoms with van der Waals surface area (Å²) >= 11 is 0. The highest BCUT2D eigenvalue weighted by Gasteiger charge is 2.69. The Kier molecular flexibility index (Phi) is 20.9. The Hall–Kier alpha value is -1.38. The van der Waals surface area contributed by atoms with Crippen molar-refractivity contribution >= 4 is 0 Å². The minimum atomic E-state index is -2.03. The van der Waals surface area contributed by atoms with E-state index in [1.54, 1.807) is 7.11 Å². The van der Waals surface area contributed by atoms with Gasteiger partial charge in [0, 0.05) is 19.4 Å². The van der Waals surface area contributed by atoms with Gasteiger partial charge in [-0.2, -0.15) is 0 Å². The van der Waals surface area contributed by atoms with Crippen LogP contribution in [0.1, 0.15) is 85.5 Å². The number of hydrogen-bond acceptors (Lipinski definition) is 28. The van der Waals surface area contributed by atoms with Gasteiger partial charge in [-0.1, -0.05) is 39.3 Å². The molecule has 0 radical (unpaired) electrons. The van der Waals surface area contributed by atoms with Gasteiger partial charge in [-0.15, -0.1) is 0 Å². The van der Waals surface area contributed by atoms with Gasteiger partial charge in [0.15, 0.2) is 37.2 Å². The maximum Gasteiger partial charge on any atom is 0.187 e. The van der Waals surface area contributed by atoms with Gasteiger partial charge in [0.25, 0.3) is 0 Å². The lowest BCUT2D eigenvalue weighted by Crippen LogP contribution is -2.68. The summed E-state index contributed by atoms with van der Waals surface area (Å²) in [4.78, 5) is 0. The van der Waals surface area contributed by atoms with Crippen molar-refractivity contribution in [2.75, 3.05) is 46.8 Å². The van der Waals surface area contributed by atoms with Crippen molar-refractivity contribution in [2.45, 2.75) is 251 Å². The maximum atomic E-state index is 11.9. The molecule has 9 fully saturated rings. The Morgan fingerprint density at radius 1 is 0.588 bits per heavy atom. The van der Waals surface area contributed by atoms with Crippen LogP contribution in [-0.4, -0.2) is 294 Å². The van der Waals surface area contributed by atoms with Crippen LogP contribution in [0.15, 0.2) is 11.6 Å². The molecule has 0 spiro atoms. The molecule has 0 aromatic carbocycles. The largest absolute Gasteiger partial charge is 0.394 e. The third-order valence-corrected chi connectivity index (χ3v) is 21.6. The average molecular weight is 1230 g/mol. The highest BCUT2D eigenvalue weighted by Crippen LogP contribution is 2.70. The normalized spacial score (nSPS) is 53.9. The summed E-state index contributed by atoms with van der Waals surface area (Å²) in [5.41, 5.74) is 1.10. The van der Waals surface area contributed by atoms with Crippen LogP contribution in [0, 0.1) is 46.3 Å². The lowest BCUT2D eigenvalue weighted by molar-refractivity contribution is -0.403. The van der Waals surface area contributed by atoms with Crippen molar-refractivity contribution in [3.05, 3.63) is 11.6 Å². The number of methoxy groups -OCH3 is 1. The van der Waals surface area contributed by atoms with Crippen LogP contribution in [0.2, 0.25) is 0 Å². The fourth-order valence-electron chi connectivity index (χ4n) is 16.6. The van der Waals surface area contributed by atoms with Gasteiger partial charge in [0.2, 0.25) is 0 Å². The molecule has 0 aromatic heterocycles. The fourth-order valence-corrected chi connectivity index (χ4v) is 16.6. The molecule has 3 saturated carbocycles. The first-order valence-electron chi connectivity index (χ1n) is 30.4. The maximum absolute atomic E-state index is 11.9. The van der Waals surface area contributed by atoms with Crippen LogP contribution < -0.4 is 0 Å². The molecule has 16 N–H and O–H groups in total. The second-order valence-electron chi connectivity index (χ2n) is 26.4. The number of hydrogen-bond donors (Lipinski definition) is 16. The summed E-state index contributed by atoms with van der Waals surface area (Å²) < 4.78 is 72.7. The molecule has 6 aliphatic heterocycles. The van der Waals surface area contributed by atoms with E-state index in [1.165, 1.54) is 5.57 Å². The van der Waals surface area contributed by atoms with Gasteiger partial charge < -0.3 is 139 Å². The quantitative estimate of drug-likeness (QED) is 0.0539. The molecule has 490 valence electrons. The molecular formula is C57H94O28. The molecule has 6 heterocycles. The fraction of sp³-hybridized carbons (Fsp3) is 0.965. The smallest absolute Gasteiger partial charge is 0.187 e. The topological polar surface area (TPSA) is 434 Å². The lowest BCUT2D eigenvalue weighted by atomic mass is 9.47. The zero-order chi connectivity index (χ0) is 61.4. The number of rotatable bonds is 19. The van der Waals surface area contributed by atoms with E-state index in [9.17, 15) is 81.7 Å². The Labute approximate surface area is 492 Å². The summed E-state index contributed by atoms with van der Waals surface area (Å²) in [5.74, 6) is 0.706. The summed E-state index contributed by atoms with van der Waals surface area (Å²) in [6.45, 7) is 5.58. The number of aliphatic hydroxyl groups is 16. The van der Waals surface area contributed by atoms with E-state index in [2.05, 4.69) is 26.8 Å². The van der Waals surface area contributed by atoms with E-state index >= 15 is 0 Å². The second-order valence-corrected chi connectivity index (χ2v) is 26.4. The molecule has 28 nitrogen and oxygen atoms in total. The first kappa shape index (κ1) is 66.5. The highest BCUT2D eigenvalue weighted by molar-refractivity contribution is 5.26. The number of ether oxygens (including phenoxy) is 12. The van der Waals surface area contributed by atoms with Gasteiger partial charge in [0.05, 0.1) is 51.8 Å². The average Bonchev–Trinajstić information content (AvgIpc) is 1.60. The van der Waals surface area contributed by atoms with E-state index in [4.69, 9.17) is 56.8 Å². The molecule has 10 rings (SSSR count). The Morgan fingerprint density at radius 3 is 1.81 bits per heavy atom. The molecule has 6 saturated heterocycles. The van der Waals surface area contributed by atoms with E-state index in [-0.39, 0.29) is 41.3 Å². The Balaban J connectivity index is 0.777. The molecule has 6 unspecified atom stereocenters. The van der Waals surface area contributed by atoms with Gasteiger partial charge in [-0.05, 0) is 91.8 Å². The van der Waals surface area contributed by atoms with Crippen LogP contribution >= 0.6 is 0 Å². The molecule has 10 aliphatic rings. The van der Waals surface area contributed by atoms with Crippen molar-refractivity contribution in [3.8, 4) is 0 Å². The SMILES string of the molecule is COC1(CC[C@H](C)CO[C@@H]2O[C@H](CO)[C@@H](O)[C@H](O)[C@H]2O)OC2CC3C4CC=C5C[C@@H](O[C@@H]6O[C@H](CO)[C@H](O[C@@H]7O[C@H](CO)[C@@H](O)[C@H](O[C@@H]8OC[C@@H](O)[C@H](O)[C@H]8O)[C@H]7O[C@@H]7O[C@H](CO)[C@@H](O)[C@H](O)[C@H]7O)[C@H](O)[C@H]6O)CC[C@]5(C)C4CC[C@]3(C)C2[C@@H]1C. The first-order chi connectivity index (χ1) is 40.4. The van der Waals surface area contributed by atoms with Crippen molar-refractivity contribution in [3.63, 3.8) is 0 Å². The summed E-state index contributed by atoms with van der Waals surface area (Å²) in [6.07, 6.45) is -31.5. The van der Waals surface area contributed by atoms with Crippen LogP contribution in [-0.2, 0) is 56.8 Å². The minimum Gasteiger partial charge on any atom is -0.394 e. The van der Waals surface area contributed by atoms with Crippen molar-refractivity contribution in [1.82, 2.24) is 0 Å². The predicted molar refractivity (Wildman–Crippen MR) is 283 cm³/mol. The zero-order valence-electron chi connectivity index (χ0n) is 48.7. The monoisotopic (exact) mass is 1230 g/mol. The zero-order valence-corrected chi connectivity index (χ0v) is 48.7. The molecule has 0 amide bonds. The van der Waals surface area contributed by atoms with Crippen molar-refractivity contribution in [2.24, 2.45) is 46.3 Å². The summed E-state index contributed by atoms with van der Waals surface area (Å²) in [7, 11) is 1.70. The van der Waals surface area contributed by atoms with E-state index < -0.39 is 192 Å². The van der Waals surface area contributed by atoms with E-state index in [1.807, 2.05) is 6.92 Å². The summed E-state index contributed by atoms with van der Waals surface area (Å²) in [5, 5.41) is 170. The molecular weight excluding hydrogens is 1130 g/mol. The second kappa shape index (κ2) is 26.7. The summed E-state index contributed by atoms with van der Waals surface area (Å²) in [6, 6.07) is 0. The number of aliphatic hydroxyl groups excluding tert-OH is 16. The van der Waals surface area contributed by atoms with Crippen molar-refractivity contribution < 1.29 is 139 Å². The predicted octanol–water partition coefficient (Wildman–Crippen LogP) is -4.92. The third-order valence-electron chi connectivity index (χ3n) is 21.6. The Morgan fingerprint density at radius 2 is 1.15 bits per heavy atom. The standard InChI is InChI=1S/C57H94O28/c1-22(20-75-50-44(71)40(67)37(64)31(16-58)78-50)8-13-57(74-5)23(2)35-30(85-57)15-28-26-7-6-24-14-25(9-11-55(24,3)27(26)10-12-56(28,35)4)77-52-46(73)42(69)47(34(19-61)81-52)82-54-49(84-53-45(72)41(68)38(65)32(17-59)79-53)48(39(66)33(18-60)80-54)83-51-43(70)36(63)29(62)21-76-51/h6,22-23,25-54,58-73H,7-21H2,1-5H3/t22-,23-,25-,26?,27?,28?,29+,30?,31+,32+,33+,34+,35?,36-,37+,38+,39+,40-,41-,42+,43+,44+,45+,46+,47-,48-,49+,50+,51-,52+,53-,54-,55-,56-,57?/m0/s1. The molecule has 0 aromatic rings. The van der Waals surface area contributed by atoms with E-state index in [0.29, 0.717) is 43.4 Å². The van der Waals surface area contributed by atoms with Gasteiger partial charge >= 0.3 is 0 Å². The van der Waals surface area contributed by atoms with Gasteiger partial charge in [-0.3, -0.25) is 0 Å². The Bertz CT molecular complexity index is 2220. The lowest BCUT2D eigenvalue weighted by Gasteiger charge is -2.58. The van der Waals surface area contributed by atoms with Crippen LogP contribution in [0.5, 0.6) is 0 Å². The van der Waals surface area contributed by atoms with Gasteiger partial charge in [0.1, 0.15) is 116 Å². The van der Waals surface area contributed by atoms with Crippen LogP contribution in [0.3, 0.4) is 0 Å².